The summed E-state index contributed by atoms with van der Waals surface area (Å²) >= 11 is 0. The van der Waals surface area contributed by atoms with E-state index in [1.54, 1.807) is 12.4 Å². The van der Waals surface area contributed by atoms with Crippen LogP contribution in [0.3, 0.4) is 0 Å². The molecular formula is C18H24N4O. The third kappa shape index (κ3) is 5.36. The predicted molar refractivity (Wildman–Crippen MR) is 93.0 cm³/mol. The fourth-order valence-corrected chi connectivity index (χ4v) is 2.14. The van der Waals surface area contributed by atoms with Gasteiger partial charge >= 0.3 is 0 Å². The van der Waals surface area contributed by atoms with Gasteiger partial charge in [-0.2, -0.15) is 0 Å². The van der Waals surface area contributed by atoms with Crippen LogP contribution in [0.25, 0.3) is 0 Å². The molecule has 0 aliphatic rings. The average Bonchev–Trinajstić information content (AvgIpc) is 2.60. The number of aryl methyl sites for hydroxylation is 1. The molecule has 0 bridgehead atoms. The topological polar surface area (TPSA) is 66.9 Å². The highest BCUT2D eigenvalue weighted by molar-refractivity contribution is 5.93. The normalized spacial score (nSPS) is 10.3. The minimum atomic E-state index is -0.125. The lowest BCUT2D eigenvalue weighted by molar-refractivity contribution is 0.0952. The molecule has 122 valence electrons. The second-order valence-corrected chi connectivity index (χ2v) is 5.43. The number of amides is 1. The molecule has 5 nitrogen and oxygen atoms in total. The first-order chi connectivity index (χ1) is 11.2. The fraction of sp³-hybridized carbons (Fsp3) is 0.389. The van der Waals surface area contributed by atoms with Gasteiger partial charge < -0.3 is 10.6 Å². The monoisotopic (exact) mass is 312 g/mol. The van der Waals surface area contributed by atoms with Gasteiger partial charge in [-0.1, -0.05) is 38.8 Å². The maximum Gasteiger partial charge on any atom is 0.254 e. The molecule has 0 spiro atoms. The van der Waals surface area contributed by atoms with Gasteiger partial charge in [0.1, 0.15) is 0 Å². The number of hydrogen-bond acceptors (Lipinski definition) is 4. The van der Waals surface area contributed by atoms with Crippen molar-refractivity contribution in [1.82, 2.24) is 15.3 Å². The van der Waals surface area contributed by atoms with E-state index in [1.165, 1.54) is 5.56 Å². The van der Waals surface area contributed by atoms with Crippen molar-refractivity contribution in [2.45, 2.75) is 39.5 Å². The Morgan fingerprint density at radius 2 is 1.74 bits per heavy atom. The summed E-state index contributed by atoms with van der Waals surface area (Å²) < 4.78 is 0. The summed E-state index contributed by atoms with van der Waals surface area (Å²) in [6.07, 6.45) is 7.36. The summed E-state index contributed by atoms with van der Waals surface area (Å²) in [5.74, 6) is 0.358. The molecule has 23 heavy (non-hydrogen) atoms. The highest BCUT2D eigenvalue weighted by Gasteiger charge is 2.06. The third-order valence-corrected chi connectivity index (χ3v) is 3.60. The SMILES string of the molecule is CCCCCNC(=O)c1cnc(Nc2ccc(CC)cc2)nc1. The van der Waals surface area contributed by atoms with Gasteiger partial charge in [0.05, 0.1) is 5.56 Å². The first-order valence-corrected chi connectivity index (χ1v) is 8.19. The van der Waals surface area contributed by atoms with E-state index in [2.05, 4.69) is 46.6 Å². The smallest absolute Gasteiger partial charge is 0.254 e. The molecule has 0 saturated carbocycles. The predicted octanol–water partition coefficient (Wildman–Crippen LogP) is 3.70. The van der Waals surface area contributed by atoms with E-state index in [4.69, 9.17) is 0 Å². The van der Waals surface area contributed by atoms with Crippen molar-refractivity contribution < 1.29 is 4.79 Å². The molecule has 1 heterocycles. The van der Waals surface area contributed by atoms with Crippen LogP contribution in [-0.4, -0.2) is 22.4 Å². The summed E-state index contributed by atoms with van der Waals surface area (Å²) in [4.78, 5) is 20.3. The van der Waals surface area contributed by atoms with E-state index in [0.717, 1.165) is 31.4 Å². The number of benzene rings is 1. The molecule has 2 N–H and O–H groups in total. The van der Waals surface area contributed by atoms with Crippen molar-refractivity contribution in [3.8, 4) is 0 Å². The fourth-order valence-electron chi connectivity index (χ4n) is 2.14. The van der Waals surface area contributed by atoms with Gasteiger partial charge in [-0.25, -0.2) is 9.97 Å². The molecule has 2 aromatic rings. The Labute approximate surface area is 137 Å². The van der Waals surface area contributed by atoms with Crippen molar-refractivity contribution in [2.75, 3.05) is 11.9 Å². The van der Waals surface area contributed by atoms with Gasteiger partial charge in [0.25, 0.3) is 5.91 Å². The van der Waals surface area contributed by atoms with Crippen LogP contribution >= 0.6 is 0 Å². The van der Waals surface area contributed by atoms with Crippen LogP contribution in [0.2, 0.25) is 0 Å². The Balaban J connectivity index is 1.89. The standard InChI is InChI=1S/C18H24N4O/c1-3-5-6-11-19-17(23)15-12-20-18(21-13-15)22-16-9-7-14(4-2)8-10-16/h7-10,12-13H,3-6,11H2,1-2H3,(H,19,23)(H,20,21,22). The molecule has 0 unspecified atom stereocenters. The van der Waals surface area contributed by atoms with Gasteiger partial charge in [0.15, 0.2) is 0 Å². The zero-order valence-electron chi connectivity index (χ0n) is 13.8. The van der Waals surface area contributed by atoms with Gasteiger partial charge in [0.2, 0.25) is 5.95 Å². The maximum atomic E-state index is 11.9. The summed E-state index contributed by atoms with van der Waals surface area (Å²) in [6, 6.07) is 8.13. The van der Waals surface area contributed by atoms with Gasteiger partial charge in [-0.15, -0.1) is 0 Å². The molecule has 0 saturated heterocycles. The minimum Gasteiger partial charge on any atom is -0.352 e. The Kier molecular flexibility index (Phi) is 6.54. The van der Waals surface area contributed by atoms with Crippen molar-refractivity contribution in [2.24, 2.45) is 0 Å². The number of unbranched alkanes of at least 4 members (excludes halogenated alkanes) is 2. The molecule has 0 aliphatic carbocycles. The number of carbonyl (C=O) groups is 1. The van der Waals surface area contributed by atoms with Crippen molar-refractivity contribution in [1.29, 1.82) is 0 Å². The number of nitrogens with zero attached hydrogens (tertiary/aromatic N) is 2. The van der Waals surface area contributed by atoms with Crippen LogP contribution < -0.4 is 10.6 Å². The number of aromatic nitrogens is 2. The molecule has 1 amide bonds. The van der Waals surface area contributed by atoms with Gasteiger partial charge in [0, 0.05) is 24.6 Å². The van der Waals surface area contributed by atoms with Crippen LogP contribution in [-0.2, 0) is 6.42 Å². The Morgan fingerprint density at radius 3 is 2.35 bits per heavy atom. The van der Waals surface area contributed by atoms with E-state index >= 15 is 0 Å². The zero-order chi connectivity index (χ0) is 16.5. The largest absolute Gasteiger partial charge is 0.352 e. The van der Waals surface area contributed by atoms with E-state index < -0.39 is 0 Å². The molecule has 2 rings (SSSR count). The Bertz CT molecular complexity index is 608. The van der Waals surface area contributed by atoms with Crippen molar-refractivity contribution in [3.63, 3.8) is 0 Å². The molecule has 0 aliphatic heterocycles. The molecule has 1 aromatic heterocycles. The number of anilines is 2. The Hall–Kier alpha value is -2.43. The Morgan fingerprint density at radius 1 is 1.04 bits per heavy atom. The molecule has 0 radical (unpaired) electrons. The lowest BCUT2D eigenvalue weighted by Gasteiger charge is -2.07. The third-order valence-electron chi connectivity index (χ3n) is 3.60. The van der Waals surface area contributed by atoms with Crippen LogP contribution in [0.1, 0.15) is 49.0 Å². The van der Waals surface area contributed by atoms with Crippen LogP contribution in [0.15, 0.2) is 36.7 Å². The van der Waals surface area contributed by atoms with Gasteiger partial charge in [-0.3, -0.25) is 4.79 Å². The molecular weight excluding hydrogens is 288 g/mol. The van der Waals surface area contributed by atoms with Crippen LogP contribution in [0.5, 0.6) is 0 Å². The quantitative estimate of drug-likeness (QED) is 0.729. The summed E-state index contributed by atoms with van der Waals surface area (Å²) in [7, 11) is 0. The van der Waals surface area contributed by atoms with Gasteiger partial charge in [-0.05, 0) is 30.5 Å². The lowest BCUT2D eigenvalue weighted by atomic mass is 10.1. The maximum absolute atomic E-state index is 11.9. The lowest BCUT2D eigenvalue weighted by Crippen LogP contribution is -2.24. The van der Waals surface area contributed by atoms with Crippen LogP contribution in [0.4, 0.5) is 11.6 Å². The van der Waals surface area contributed by atoms with E-state index in [1.807, 2.05) is 12.1 Å². The number of rotatable bonds is 8. The van der Waals surface area contributed by atoms with E-state index in [9.17, 15) is 4.79 Å². The van der Waals surface area contributed by atoms with E-state index in [-0.39, 0.29) is 5.91 Å². The zero-order valence-corrected chi connectivity index (χ0v) is 13.8. The summed E-state index contributed by atoms with van der Waals surface area (Å²) in [5, 5.41) is 6.00. The number of carbonyl (C=O) groups excluding carboxylic acids is 1. The highest BCUT2D eigenvalue weighted by Crippen LogP contribution is 2.14. The minimum absolute atomic E-state index is 0.125. The first kappa shape index (κ1) is 16.9. The van der Waals surface area contributed by atoms with Crippen molar-refractivity contribution >= 4 is 17.5 Å². The van der Waals surface area contributed by atoms with Crippen LogP contribution in [0, 0.1) is 0 Å². The van der Waals surface area contributed by atoms with Crippen molar-refractivity contribution in [3.05, 3.63) is 47.8 Å². The first-order valence-electron chi connectivity index (χ1n) is 8.19. The molecule has 1 aromatic carbocycles. The molecule has 0 fully saturated rings. The second-order valence-electron chi connectivity index (χ2n) is 5.43. The number of hydrogen-bond donors (Lipinski definition) is 2. The number of nitrogens with one attached hydrogen (secondary N) is 2. The molecule has 5 heteroatoms. The second kappa shape index (κ2) is 8.88. The molecule has 0 atom stereocenters. The van der Waals surface area contributed by atoms with E-state index in [0.29, 0.717) is 18.1 Å². The summed E-state index contributed by atoms with van der Waals surface area (Å²) in [6.45, 7) is 4.95. The highest BCUT2D eigenvalue weighted by atomic mass is 16.1. The average molecular weight is 312 g/mol. The summed E-state index contributed by atoms with van der Waals surface area (Å²) in [5.41, 5.74) is 2.69.